The van der Waals surface area contributed by atoms with Gasteiger partial charge in [0.25, 0.3) is 0 Å². The fraction of sp³-hybridized carbons (Fsp3) is 0.786. The number of carbonyl (C=O) groups excluding carboxylic acids is 3. The summed E-state index contributed by atoms with van der Waals surface area (Å²) in [5.41, 5.74) is 0. The predicted octanol–water partition coefficient (Wildman–Crippen LogP) is -1.28. The van der Waals surface area contributed by atoms with Crippen LogP contribution in [0.25, 0.3) is 0 Å². The van der Waals surface area contributed by atoms with Crippen LogP contribution in [0.4, 0.5) is 4.79 Å². The van der Waals surface area contributed by atoms with Crippen LogP contribution in [0.15, 0.2) is 0 Å². The second-order valence-electron chi connectivity index (χ2n) is 6.29. The van der Waals surface area contributed by atoms with Crippen molar-refractivity contribution >= 4 is 17.8 Å². The molecule has 0 aromatic rings. The molecule has 3 fully saturated rings. The van der Waals surface area contributed by atoms with Gasteiger partial charge in [0.1, 0.15) is 12.6 Å². The van der Waals surface area contributed by atoms with E-state index in [1.807, 2.05) is 0 Å². The minimum atomic E-state index is -0.709. The van der Waals surface area contributed by atoms with Crippen LogP contribution in [-0.4, -0.2) is 64.7 Å². The lowest BCUT2D eigenvalue weighted by atomic mass is 10.1. The topological polar surface area (TPSA) is 82.4 Å². The predicted molar refractivity (Wildman–Crippen MR) is 72.1 cm³/mol. The molecule has 0 spiro atoms. The van der Waals surface area contributed by atoms with Crippen molar-refractivity contribution in [2.75, 3.05) is 19.8 Å². The third kappa shape index (κ3) is 2.67. The molecule has 0 bridgehead atoms. The average molecular weight is 296 g/mol. The quantitative estimate of drug-likeness (QED) is 0.502. The normalized spacial score (nSPS) is 31.6. The molecule has 7 nitrogen and oxygen atoms in total. The highest BCUT2D eigenvalue weighted by Gasteiger charge is 2.49. The number of quaternary nitrogens is 1. The molecule has 1 aliphatic carbocycles. The van der Waals surface area contributed by atoms with Gasteiger partial charge in [0.05, 0.1) is 6.54 Å². The molecule has 1 unspecified atom stereocenters. The van der Waals surface area contributed by atoms with Crippen LogP contribution in [0.1, 0.15) is 38.5 Å². The molecule has 2 atom stereocenters. The molecule has 116 valence electrons. The van der Waals surface area contributed by atoms with Gasteiger partial charge in [-0.1, -0.05) is 12.8 Å². The van der Waals surface area contributed by atoms with Crippen molar-refractivity contribution in [3.63, 3.8) is 0 Å². The Bertz CT molecular complexity index is 461. The van der Waals surface area contributed by atoms with E-state index in [4.69, 9.17) is 0 Å². The second kappa shape index (κ2) is 5.73. The van der Waals surface area contributed by atoms with Crippen LogP contribution in [0.3, 0.4) is 0 Å². The van der Waals surface area contributed by atoms with Gasteiger partial charge >= 0.3 is 17.8 Å². The second-order valence-corrected chi connectivity index (χ2v) is 6.29. The van der Waals surface area contributed by atoms with Crippen molar-refractivity contribution in [3.8, 4) is 0 Å². The van der Waals surface area contributed by atoms with E-state index in [-0.39, 0.29) is 18.8 Å². The van der Waals surface area contributed by atoms with Crippen LogP contribution >= 0.6 is 0 Å². The van der Waals surface area contributed by atoms with Crippen molar-refractivity contribution in [3.05, 3.63) is 0 Å². The summed E-state index contributed by atoms with van der Waals surface area (Å²) in [7, 11) is 0. The number of urea groups is 1. The van der Waals surface area contributed by atoms with Crippen LogP contribution < -0.4 is 4.90 Å². The third-order valence-electron chi connectivity index (χ3n) is 4.75. The van der Waals surface area contributed by atoms with Gasteiger partial charge in [0.15, 0.2) is 6.67 Å². The minimum Gasteiger partial charge on any atom is -0.387 e. The van der Waals surface area contributed by atoms with E-state index in [1.165, 1.54) is 0 Å². The molecule has 2 saturated heterocycles. The fourth-order valence-electron chi connectivity index (χ4n) is 3.64. The van der Waals surface area contributed by atoms with Crippen LogP contribution in [-0.2, 0) is 9.59 Å². The minimum absolute atomic E-state index is 0.110. The summed E-state index contributed by atoms with van der Waals surface area (Å²) in [6, 6.07) is -0.578. The standard InChI is InChI=1S/C14H21N3O4/c18-11-6-3-7-15(8-11)9-16-12(19)13(20)17(14(16)21)10-4-1-2-5-10/h10-11,18H,1-9H2/p+1/t11-/m0/s1. The number of rotatable bonds is 3. The lowest BCUT2D eigenvalue weighted by molar-refractivity contribution is -0.915. The maximum atomic E-state index is 12.4. The first-order valence-corrected chi connectivity index (χ1v) is 7.78. The first-order valence-electron chi connectivity index (χ1n) is 7.78. The summed E-state index contributed by atoms with van der Waals surface area (Å²) in [6.07, 6.45) is 4.84. The zero-order valence-electron chi connectivity index (χ0n) is 12.1. The van der Waals surface area contributed by atoms with Crippen molar-refractivity contribution in [1.29, 1.82) is 0 Å². The van der Waals surface area contributed by atoms with Crippen LogP contribution in [0.5, 0.6) is 0 Å². The molecule has 4 amide bonds. The largest absolute Gasteiger partial charge is 0.387 e. The first kappa shape index (κ1) is 14.5. The first-order chi connectivity index (χ1) is 10.1. The lowest BCUT2D eigenvalue weighted by Crippen LogP contribution is -3.15. The van der Waals surface area contributed by atoms with Gasteiger partial charge in [0, 0.05) is 6.04 Å². The summed E-state index contributed by atoms with van der Waals surface area (Å²) >= 11 is 0. The molecule has 0 radical (unpaired) electrons. The van der Waals surface area contributed by atoms with E-state index in [0.717, 1.165) is 59.8 Å². The van der Waals surface area contributed by atoms with Crippen LogP contribution in [0.2, 0.25) is 0 Å². The Labute approximate surface area is 123 Å². The molecule has 3 rings (SSSR count). The number of nitrogens with one attached hydrogen (secondary N) is 1. The zero-order valence-corrected chi connectivity index (χ0v) is 12.1. The van der Waals surface area contributed by atoms with Crippen molar-refractivity contribution in [1.82, 2.24) is 9.80 Å². The molecule has 1 saturated carbocycles. The molecule has 2 heterocycles. The van der Waals surface area contributed by atoms with Gasteiger partial charge in [-0.3, -0.25) is 14.5 Å². The number of likely N-dealkylation sites (tertiary alicyclic amines) is 1. The van der Waals surface area contributed by atoms with E-state index < -0.39 is 17.8 Å². The highest BCUT2D eigenvalue weighted by Crippen LogP contribution is 2.27. The van der Waals surface area contributed by atoms with Gasteiger partial charge in [-0.05, 0) is 25.7 Å². The van der Waals surface area contributed by atoms with E-state index in [1.54, 1.807) is 0 Å². The van der Waals surface area contributed by atoms with Gasteiger partial charge < -0.3 is 10.0 Å². The summed E-state index contributed by atoms with van der Waals surface area (Å²) < 4.78 is 0. The molecule has 0 aromatic carbocycles. The van der Waals surface area contributed by atoms with Gasteiger partial charge in [-0.25, -0.2) is 9.69 Å². The molecule has 21 heavy (non-hydrogen) atoms. The van der Waals surface area contributed by atoms with Gasteiger partial charge in [0.2, 0.25) is 0 Å². The number of imide groups is 2. The monoisotopic (exact) mass is 296 g/mol. The highest BCUT2D eigenvalue weighted by molar-refractivity contribution is 6.44. The van der Waals surface area contributed by atoms with Crippen molar-refractivity contribution in [2.24, 2.45) is 0 Å². The number of hydrogen-bond acceptors (Lipinski definition) is 4. The van der Waals surface area contributed by atoms with Gasteiger partial charge in [-0.15, -0.1) is 0 Å². The number of aliphatic hydroxyl groups excluding tert-OH is 1. The maximum Gasteiger partial charge on any atom is 0.338 e. The zero-order chi connectivity index (χ0) is 15.0. The molecular weight excluding hydrogens is 274 g/mol. The number of nitrogens with zero attached hydrogens (tertiary/aromatic N) is 2. The van der Waals surface area contributed by atoms with Crippen molar-refractivity contribution < 1.29 is 24.4 Å². The number of aliphatic hydroxyl groups is 1. The summed E-state index contributed by atoms with van der Waals surface area (Å²) in [5.74, 6) is -1.39. The fourth-order valence-corrected chi connectivity index (χ4v) is 3.64. The number of hydrogen-bond donors (Lipinski definition) is 2. The Morgan fingerprint density at radius 3 is 2.43 bits per heavy atom. The van der Waals surface area contributed by atoms with E-state index in [0.29, 0.717) is 6.54 Å². The number of piperidine rings is 1. The maximum absolute atomic E-state index is 12.4. The lowest BCUT2D eigenvalue weighted by Gasteiger charge is -2.29. The Morgan fingerprint density at radius 1 is 1.05 bits per heavy atom. The van der Waals surface area contributed by atoms with Gasteiger partial charge in [-0.2, -0.15) is 0 Å². The summed E-state index contributed by atoms with van der Waals surface area (Å²) in [4.78, 5) is 39.8. The van der Waals surface area contributed by atoms with Crippen LogP contribution in [0, 0.1) is 0 Å². The average Bonchev–Trinajstić information content (AvgIpc) is 3.03. The van der Waals surface area contributed by atoms with E-state index >= 15 is 0 Å². The Balaban J connectivity index is 1.69. The number of carbonyl (C=O) groups is 3. The summed E-state index contributed by atoms with van der Waals surface area (Å²) in [6.45, 7) is 1.52. The molecule has 0 aromatic heterocycles. The SMILES string of the molecule is O=C1C(=O)N(C2CCCC2)C(=O)N1C[NH+]1CCC[C@H](O)C1. The Hall–Kier alpha value is -1.47. The van der Waals surface area contributed by atoms with E-state index in [9.17, 15) is 19.5 Å². The Morgan fingerprint density at radius 2 is 1.76 bits per heavy atom. The van der Waals surface area contributed by atoms with Crippen molar-refractivity contribution in [2.45, 2.75) is 50.7 Å². The number of amides is 4. The third-order valence-corrected chi connectivity index (χ3v) is 4.75. The molecule has 2 aliphatic heterocycles. The molecule has 3 aliphatic rings. The highest BCUT2D eigenvalue weighted by atomic mass is 16.3. The smallest absolute Gasteiger partial charge is 0.338 e. The summed E-state index contributed by atoms with van der Waals surface area (Å²) in [5, 5.41) is 9.68. The Kier molecular flexibility index (Phi) is 3.95. The molecular formula is C14H22N3O4+. The molecule has 7 heteroatoms. The van der Waals surface area contributed by atoms with E-state index in [2.05, 4.69) is 0 Å². The molecule has 2 N–H and O–H groups in total.